The summed E-state index contributed by atoms with van der Waals surface area (Å²) in [6.07, 6.45) is 6.92. The first-order valence-corrected chi connectivity index (χ1v) is 8.24. The van der Waals surface area contributed by atoms with Crippen molar-refractivity contribution in [3.05, 3.63) is 34.9 Å². The minimum atomic E-state index is -0.0197. The lowest BCUT2D eigenvalue weighted by molar-refractivity contribution is 0.228. The number of rotatable bonds is 4. The molecule has 1 aromatic carbocycles. The molecule has 1 aromatic rings. The molecule has 0 heterocycles. The predicted molar refractivity (Wildman–Crippen MR) is 87.5 cm³/mol. The van der Waals surface area contributed by atoms with Gasteiger partial charge in [0.15, 0.2) is 0 Å². The lowest BCUT2D eigenvalue weighted by Crippen LogP contribution is -2.44. The van der Waals surface area contributed by atoms with Crippen molar-refractivity contribution in [3.8, 4) is 0 Å². The maximum atomic E-state index is 12.2. The fourth-order valence-electron chi connectivity index (χ4n) is 3.25. The summed E-state index contributed by atoms with van der Waals surface area (Å²) >= 11 is 0. The van der Waals surface area contributed by atoms with Crippen LogP contribution in [-0.2, 0) is 0 Å². The van der Waals surface area contributed by atoms with E-state index in [1.54, 1.807) is 0 Å². The fraction of sp³-hybridized carbons (Fsp3) is 0.611. The Labute approximate surface area is 128 Å². The van der Waals surface area contributed by atoms with Gasteiger partial charge in [-0.05, 0) is 44.2 Å². The lowest BCUT2D eigenvalue weighted by atomic mass is 9.95. The zero-order chi connectivity index (χ0) is 15.2. The molecule has 3 nitrogen and oxygen atoms in total. The van der Waals surface area contributed by atoms with E-state index in [4.69, 9.17) is 0 Å². The van der Waals surface area contributed by atoms with Gasteiger partial charge in [-0.3, -0.25) is 0 Å². The fourth-order valence-corrected chi connectivity index (χ4v) is 3.25. The molecule has 0 aliphatic heterocycles. The third-order valence-corrected chi connectivity index (χ3v) is 4.45. The first-order chi connectivity index (χ1) is 10.1. The summed E-state index contributed by atoms with van der Waals surface area (Å²) in [4.78, 5) is 12.2. The minimum absolute atomic E-state index is 0.0197. The van der Waals surface area contributed by atoms with Crippen LogP contribution in [-0.4, -0.2) is 12.1 Å². The SMILES string of the molecule is CC[C@@H](NC(=O)NC1CCCCC1)c1ccc(C)cc1C. The van der Waals surface area contributed by atoms with Gasteiger partial charge in [-0.25, -0.2) is 4.79 Å². The van der Waals surface area contributed by atoms with Gasteiger partial charge >= 0.3 is 6.03 Å². The Morgan fingerprint density at radius 1 is 1.24 bits per heavy atom. The Morgan fingerprint density at radius 3 is 2.57 bits per heavy atom. The number of carbonyl (C=O) groups is 1. The second-order valence-electron chi connectivity index (χ2n) is 6.27. The van der Waals surface area contributed by atoms with Crippen LogP contribution in [0.2, 0.25) is 0 Å². The van der Waals surface area contributed by atoms with Crippen LogP contribution in [0.5, 0.6) is 0 Å². The normalized spacial score (nSPS) is 17.3. The number of benzene rings is 1. The van der Waals surface area contributed by atoms with Crippen molar-refractivity contribution in [2.24, 2.45) is 0 Å². The van der Waals surface area contributed by atoms with E-state index in [-0.39, 0.29) is 12.1 Å². The molecule has 3 heteroatoms. The molecule has 1 aliphatic rings. The first-order valence-electron chi connectivity index (χ1n) is 8.24. The Kier molecular flexibility index (Phi) is 5.66. The van der Waals surface area contributed by atoms with E-state index in [1.807, 2.05) is 0 Å². The molecule has 0 spiro atoms. The molecule has 1 aliphatic carbocycles. The standard InChI is InChI=1S/C18H28N2O/c1-4-17(16-11-10-13(2)12-14(16)3)20-18(21)19-15-8-6-5-7-9-15/h10-12,15,17H,4-9H2,1-3H3,(H2,19,20,21)/t17-/m1/s1. The van der Waals surface area contributed by atoms with Crippen molar-refractivity contribution < 1.29 is 4.79 Å². The van der Waals surface area contributed by atoms with Crippen molar-refractivity contribution in [1.29, 1.82) is 0 Å². The topological polar surface area (TPSA) is 41.1 Å². The zero-order valence-electron chi connectivity index (χ0n) is 13.5. The third-order valence-electron chi connectivity index (χ3n) is 4.45. The molecule has 0 saturated heterocycles. The summed E-state index contributed by atoms with van der Waals surface area (Å²) in [7, 11) is 0. The number of hydrogen-bond acceptors (Lipinski definition) is 1. The summed E-state index contributed by atoms with van der Waals surface area (Å²) in [6, 6.07) is 6.86. The number of amides is 2. The number of hydrogen-bond donors (Lipinski definition) is 2. The molecule has 0 bridgehead atoms. The summed E-state index contributed by atoms with van der Waals surface area (Å²) in [5, 5.41) is 6.27. The first kappa shape index (κ1) is 15.9. The average Bonchev–Trinajstić information content (AvgIpc) is 2.46. The number of urea groups is 1. The van der Waals surface area contributed by atoms with E-state index in [0.717, 1.165) is 19.3 Å². The van der Waals surface area contributed by atoms with Crippen LogP contribution in [0.15, 0.2) is 18.2 Å². The lowest BCUT2D eigenvalue weighted by Gasteiger charge is -2.25. The largest absolute Gasteiger partial charge is 0.335 e. The molecular formula is C18H28N2O. The second-order valence-corrected chi connectivity index (χ2v) is 6.27. The van der Waals surface area contributed by atoms with Crippen molar-refractivity contribution in [1.82, 2.24) is 10.6 Å². The van der Waals surface area contributed by atoms with Gasteiger partial charge in [-0.15, -0.1) is 0 Å². The molecule has 2 amide bonds. The van der Waals surface area contributed by atoms with Crippen LogP contribution in [0, 0.1) is 13.8 Å². The van der Waals surface area contributed by atoms with Gasteiger partial charge in [-0.1, -0.05) is 49.9 Å². The molecule has 116 valence electrons. The summed E-state index contributed by atoms with van der Waals surface area (Å²) in [6.45, 7) is 6.33. The maximum absolute atomic E-state index is 12.2. The Balaban J connectivity index is 1.96. The summed E-state index contributed by atoms with van der Waals surface area (Å²) in [5.74, 6) is 0. The number of nitrogens with one attached hydrogen (secondary N) is 2. The highest BCUT2D eigenvalue weighted by Crippen LogP contribution is 2.22. The van der Waals surface area contributed by atoms with Gasteiger partial charge < -0.3 is 10.6 Å². The predicted octanol–water partition coefficient (Wildman–Crippen LogP) is 4.39. The molecule has 0 radical (unpaired) electrons. The summed E-state index contributed by atoms with van der Waals surface area (Å²) in [5.41, 5.74) is 3.74. The highest BCUT2D eigenvalue weighted by atomic mass is 16.2. The van der Waals surface area contributed by atoms with E-state index in [1.165, 1.54) is 36.0 Å². The van der Waals surface area contributed by atoms with Gasteiger partial charge in [0, 0.05) is 6.04 Å². The zero-order valence-corrected chi connectivity index (χ0v) is 13.5. The molecule has 2 rings (SSSR count). The van der Waals surface area contributed by atoms with Crippen LogP contribution in [0.3, 0.4) is 0 Å². The molecule has 1 saturated carbocycles. The Morgan fingerprint density at radius 2 is 1.95 bits per heavy atom. The van der Waals surface area contributed by atoms with Crippen LogP contribution in [0.4, 0.5) is 4.79 Å². The average molecular weight is 288 g/mol. The van der Waals surface area contributed by atoms with Crippen LogP contribution < -0.4 is 10.6 Å². The van der Waals surface area contributed by atoms with Crippen LogP contribution in [0.1, 0.15) is 68.2 Å². The van der Waals surface area contributed by atoms with Crippen molar-refractivity contribution in [2.75, 3.05) is 0 Å². The molecular weight excluding hydrogens is 260 g/mol. The van der Waals surface area contributed by atoms with Gasteiger partial charge in [0.2, 0.25) is 0 Å². The van der Waals surface area contributed by atoms with Gasteiger partial charge in [0.25, 0.3) is 0 Å². The van der Waals surface area contributed by atoms with Crippen LogP contribution >= 0.6 is 0 Å². The summed E-state index contributed by atoms with van der Waals surface area (Å²) < 4.78 is 0. The van der Waals surface area contributed by atoms with Crippen LogP contribution in [0.25, 0.3) is 0 Å². The molecule has 0 aromatic heterocycles. The van der Waals surface area contributed by atoms with E-state index in [0.29, 0.717) is 6.04 Å². The number of carbonyl (C=O) groups excluding carboxylic acids is 1. The molecule has 2 N–H and O–H groups in total. The second kappa shape index (κ2) is 7.48. The van der Waals surface area contributed by atoms with Crippen molar-refractivity contribution >= 4 is 6.03 Å². The third kappa shape index (κ3) is 4.48. The highest BCUT2D eigenvalue weighted by molar-refractivity contribution is 5.74. The van der Waals surface area contributed by atoms with Crippen molar-refractivity contribution in [2.45, 2.75) is 71.4 Å². The maximum Gasteiger partial charge on any atom is 0.315 e. The van der Waals surface area contributed by atoms with Gasteiger partial charge in [0.05, 0.1) is 6.04 Å². The van der Waals surface area contributed by atoms with Gasteiger partial charge in [0.1, 0.15) is 0 Å². The number of aryl methyl sites for hydroxylation is 2. The molecule has 21 heavy (non-hydrogen) atoms. The van der Waals surface area contributed by atoms with E-state index in [9.17, 15) is 4.79 Å². The molecule has 0 unspecified atom stereocenters. The quantitative estimate of drug-likeness (QED) is 0.847. The minimum Gasteiger partial charge on any atom is -0.335 e. The van der Waals surface area contributed by atoms with Gasteiger partial charge in [-0.2, -0.15) is 0 Å². The highest BCUT2D eigenvalue weighted by Gasteiger charge is 2.19. The Hall–Kier alpha value is -1.51. The van der Waals surface area contributed by atoms with E-state index in [2.05, 4.69) is 49.6 Å². The Bertz CT molecular complexity index is 478. The van der Waals surface area contributed by atoms with Crippen molar-refractivity contribution in [3.63, 3.8) is 0 Å². The van der Waals surface area contributed by atoms with E-state index >= 15 is 0 Å². The molecule has 1 atom stereocenters. The van der Waals surface area contributed by atoms with E-state index < -0.39 is 0 Å². The smallest absolute Gasteiger partial charge is 0.315 e. The monoisotopic (exact) mass is 288 g/mol. The molecule has 1 fully saturated rings.